The van der Waals surface area contributed by atoms with Gasteiger partial charge in [-0.05, 0) is 62.8 Å². The normalized spacial score (nSPS) is 19.7. The van der Waals surface area contributed by atoms with E-state index < -0.39 is 0 Å². The summed E-state index contributed by atoms with van der Waals surface area (Å²) >= 11 is 1.63. The summed E-state index contributed by atoms with van der Waals surface area (Å²) in [7, 11) is 1.69. The molecule has 0 radical (unpaired) electrons. The fraction of sp³-hybridized carbons (Fsp3) is 0.429. The molecule has 1 aliphatic carbocycles. The Hall–Kier alpha value is -2.14. The second-order valence-electron chi connectivity index (χ2n) is 7.08. The average molecular weight is 370 g/mol. The minimum atomic E-state index is 0.629. The number of nitrogens with zero attached hydrogens (tertiary/aromatic N) is 3. The standard InChI is InChI=1S/C21H27N3OS/c1-15(2)13-22-21-24(23-18-7-5-6-16(3)12-18)20(14-26-21)17-8-10-19(25-4)11-9-17/h8-11,14,16H,1,5-7,12-13H2,2-4H3. The zero-order valence-electron chi connectivity index (χ0n) is 15.9. The van der Waals surface area contributed by atoms with Crippen LogP contribution in [0, 0.1) is 5.92 Å². The van der Waals surface area contributed by atoms with Gasteiger partial charge >= 0.3 is 0 Å². The molecule has 1 saturated carbocycles. The van der Waals surface area contributed by atoms with E-state index in [1.165, 1.54) is 18.6 Å². The Kier molecular flexibility index (Phi) is 6.09. The number of rotatable bonds is 5. The van der Waals surface area contributed by atoms with E-state index in [2.05, 4.69) is 31.0 Å². The van der Waals surface area contributed by atoms with Crippen molar-refractivity contribution >= 4 is 17.0 Å². The van der Waals surface area contributed by atoms with Gasteiger partial charge in [-0.15, -0.1) is 11.3 Å². The van der Waals surface area contributed by atoms with Crippen molar-refractivity contribution in [2.24, 2.45) is 16.0 Å². The average Bonchev–Trinajstić information content (AvgIpc) is 3.02. The van der Waals surface area contributed by atoms with Gasteiger partial charge in [-0.3, -0.25) is 4.99 Å². The van der Waals surface area contributed by atoms with Crippen molar-refractivity contribution in [1.82, 2.24) is 4.68 Å². The minimum Gasteiger partial charge on any atom is -0.497 e. The third-order valence-electron chi connectivity index (χ3n) is 4.54. The minimum absolute atomic E-state index is 0.629. The molecule has 1 aromatic carbocycles. The Morgan fingerprint density at radius 1 is 1.35 bits per heavy atom. The molecule has 138 valence electrons. The molecule has 3 rings (SSSR count). The van der Waals surface area contributed by atoms with E-state index in [-0.39, 0.29) is 0 Å². The van der Waals surface area contributed by atoms with Gasteiger partial charge in [0.1, 0.15) is 5.75 Å². The number of hydrogen-bond acceptors (Lipinski definition) is 4. The van der Waals surface area contributed by atoms with E-state index in [9.17, 15) is 0 Å². The van der Waals surface area contributed by atoms with Gasteiger partial charge in [0.2, 0.25) is 4.80 Å². The van der Waals surface area contributed by atoms with Crippen molar-refractivity contribution in [3.8, 4) is 17.0 Å². The Balaban J connectivity index is 2.04. The SMILES string of the molecule is C=C(C)CN=c1scc(-c2ccc(OC)cc2)n1N=C1CCCC(C)C1. The number of thiazole rings is 1. The van der Waals surface area contributed by atoms with Crippen LogP contribution in [0.2, 0.25) is 0 Å². The predicted molar refractivity (Wildman–Crippen MR) is 110 cm³/mol. The third kappa shape index (κ3) is 4.52. The van der Waals surface area contributed by atoms with Crippen molar-refractivity contribution in [1.29, 1.82) is 0 Å². The van der Waals surface area contributed by atoms with Crippen LogP contribution in [0.25, 0.3) is 11.3 Å². The number of hydrogen-bond donors (Lipinski definition) is 0. The molecule has 0 saturated heterocycles. The highest BCUT2D eigenvalue weighted by molar-refractivity contribution is 7.07. The van der Waals surface area contributed by atoms with Crippen LogP contribution in [-0.4, -0.2) is 24.0 Å². The quantitative estimate of drug-likeness (QED) is 0.675. The zero-order valence-corrected chi connectivity index (χ0v) is 16.7. The van der Waals surface area contributed by atoms with Crippen LogP contribution in [0.15, 0.2) is 51.9 Å². The molecule has 26 heavy (non-hydrogen) atoms. The van der Waals surface area contributed by atoms with Gasteiger partial charge in [-0.25, -0.2) is 4.68 Å². The number of methoxy groups -OCH3 is 1. The summed E-state index contributed by atoms with van der Waals surface area (Å²) in [5.74, 6) is 1.57. The Labute approximate surface area is 159 Å². The van der Waals surface area contributed by atoms with Gasteiger partial charge in [-0.2, -0.15) is 5.10 Å². The summed E-state index contributed by atoms with van der Waals surface area (Å²) in [6.45, 7) is 8.90. The van der Waals surface area contributed by atoms with E-state index in [1.807, 2.05) is 23.7 Å². The lowest BCUT2D eigenvalue weighted by Crippen LogP contribution is -2.19. The largest absolute Gasteiger partial charge is 0.497 e. The second kappa shape index (κ2) is 8.49. The molecular formula is C21H27N3OS. The van der Waals surface area contributed by atoms with Crippen LogP contribution in [0.5, 0.6) is 5.75 Å². The summed E-state index contributed by atoms with van der Waals surface area (Å²) in [5.41, 5.74) is 4.51. The van der Waals surface area contributed by atoms with Gasteiger partial charge in [0.15, 0.2) is 0 Å². The van der Waals surface area contributed by atoms with Gasteiger partial charge < -0.3 is 4.74 Å². The number of ether oxygens (including phenoxy) is 1. The number of aromatic nitrogens is 1. The molecule has 1 atom stereocenters. The fourth-order valence-corrected chi connectivity index (χ4v) is 3.99. The lowest BCUT2D eigenvalue weighted by molar-refractivity contribution is 0.415. The first kappa shape index (κ1) is 18.6. The van der Waals surface area contributed by atoms with Gasteiger partial charge in [0.05, 0.1) is 19.3 Å². The van der Waals surface area contributed by atoms with Gasteiger partial charge in [0, 0.05) is 16.7 Å². The Morgan fingerprint density at radius 3 is 2.77 bits per heavy atom. The van der Waals surface area contributed by atoms with Gasteiger partial charge in [-0.1, -0.05) is 19.1 Å². The van der Waals surface area contributed by atoms with Crippen molar-refractivity contribution in [2.75, 3.05) is 13.7 Å². The van der Waals surface area contributed by atoms with E-state index in [0.717, 1.165) is 40.2 Å². The molecule has 5 heteroatoms. The molecule has 0 spiro atoms. The first-order valence-electron chi connectivity index (χ1n) is 9.13. The summed E-state index contributed by atoms with van der Waals surface area (Å²) in [5, 5.41) is 7.15. The molecular weight excluding hydrogens is 342 g/mol. The fourth-order valence-electron chi connectivity index (χ4n) is 3.16. The van der Waals surface area contributed by atoms with E-state index >= 15 is 0 Å². The highest BCUT2D eigenvalue weighted by atomic mass is 32.1. The highest BCUT2D eigenvalue weighted by Crippen LogP contribution is 2.25. The molecule has 0 amide bonds. The van der Waals surface area contributed by atoms with Crippen LogP contribution in [-0.2, 0) is 0 Å². The topological polar surface area (TPSA) is 38.9 Å². The van der Waals surface area contributed by atoms with E-state index in [0.29, 0.717) is 12.5 Å². The molecule has 2 aromatic rings. The summed E-state index contributed by atoms with van der Waals surface area (Å²) < 4.78 is 7.30. The molecule has 0 aliphatic heterocycles. The molecule has 0 bridgehead atoms. The maximum absolute atomic E-state index is 5.28. The zero-order chi connectivity index (χ0) is 18.5. The van der Waals surface area contributed by atoms with E-state index in [1.54, 1.807) is 18.4 Å². The van der Waals surface area contributed by atoms with Crippen LogP contribution in [0.1, 0.15) is 39.5 Å². The van der Waals surface area contributed by atoms with Crippen LogP contribution in [0.4, 0.5) is 0 Å². The first-order valence-corrected chi connectivity index (χ1v) is 10.0. The molecule has 1 heterocycles. The molecule has 0 N–H and O–H groups in total. The molecule has 1 fully saturated rings. The summed E-state index contributed by atoms with van der Waals surface area (Å²) in [6.07, 6.45) is 4.67. The smallest absolute Gasteiger partial charge is 0.206 e. The lowest BCUT2D eigenvalue weighted by atomic mass is 9.89. The monoisotopic (exact) mass is 369 g/mol. The van der Waals surface area contributed by atoms with Crippen LogP contribution < -0.4 is 9.54 Å². The van der Waals surface area contributed by atoms with Crippen molar-refractivity contribution in [3.63, 3.8) is 0 Å². The lowest BCUT2D eigenvalue weighted by Gasteiger charge is -2.19. The molecule has 1 aromatic heterocycles. The maximum Gasteiger partial charge on any atom is 0.206 e. The van der Waals surface area contributed by atoms with Crippen molar-refractivity contribution < 1.29 is 4.74 Å². The first-order chi connectivity index (χ1) is 12.6. The third-order valence-corrected chi connectivity index (χ3v) is 5.40. The maximum atomic E-state index is 5.28. The molecule has 4 nitrogen and oxygen atoms in total. The molecule has 1 unspecified atom stereocenters. The molecule has 1 aliphatic rings. The van der Waals surface area contributed by atoms with Gasteiger partial charge in [0.25, 0.3) is 0 Å². The highest BCUT2D eigenvalue weighted by Gasteiger charge is 2.16. The Bertz CT molecular complexity index is 858. The predicted octanol–water partition coefficient (Wildman–Crippen LogP) is 5.12. The van der Waals surface area contributed by atoms with Crippen molar-refractivity contribution in [2.45, 2.75) is 39.5 Å². The van der Waals surface area contributed by atoms with Crippen molar-refractivity contribution in [3.05, 3.63) is 46.6 Å². The second-order valence-corrected chi connectivity index (χ2v) is 7.92. The van der Waals surface area contributed by atoms with Crippen LogP contribution >= 0.6 is 11.3 Å². The summed E-state index contributed by atoms with van der Waals surface area (Å²) in [4.78, 5) is 5.64. The summed E-state index contributed by atoms with van der Waals surface area (Å²) in [6, 6.07) is 8.11. The van der Waals surface area contributed by atoms with Crippen LogP contribution in [0.3, 0.4) is 0 Å². The Morgan fingerprint density at radius 2 is 2.12 bits per heavy atom. The van der Waals surface area contributed by atoms with E-state index in [4.69, 9.17) is 14.8 Å². The number of benzene rings is 1.